The molecule has 0 atom stereocenters. The van der Waals surface area contributed by atoms with Gasteiger partial charge in [0.1, 0.15) is 11.6 Å². The zero-order valence-electron chi connectivity index (χ0n) is 8.13. The van der Waals surface area contributed by atoms with Crippen LogP contribution < -0.4 is 4.72 Å². The molecule has 84 valence electrons. The summed E-state index contributed by atoms with van der Waals surface area (Å²) >= 11 is 0. The van der Waals surface area contributed by atoms with Gasteiger partial charge in [-0.2, -0.15) is 0 Å². The Morgan fingerprint density at radius 3 is 2.20 bits per heavy atom. The van der Waals surface area contributed by atoms with Crippen LogP contribution >= 0.6 is 0 Å². The van der Waals surface area contributed by atoms with Gasteiger partial charge in [-0.15, -0.1) is 0 Å². The summed E-state index contributed by atoms with van der Waals surface area (Å²) in [5, 5.41) is 0. The molecule has 0 aromatic heterocycles. The zero-order valence-corrected chi connectivity index (χ0v) is 8.94. The van der Waals surface area contributed by atoms with E-state index in [0.717, 1.165) is 18.2 Å². The third-order valence-corrected chi connectivity index (χ3v) is 3.14. The predicted molar refractivity (Wildman–Crippen MR) is 52.7 cm³/mol. The maximum atomic E-state index is 12.7. The molecular formula is C9H11F2NO2S. The summed E-state index contributed by atoms with van der Waals surface area (Å²) in [6.45, 7) is 1.37. The topological polar surface area (TPSA) is 46.2 Å². The predicted octanol–water partition coefficient (Wildman–Crippen LogP) is 1.40. The SMILES string of the molecule is CCS(=O)(=O)NCc1cc(F)cc(F)c1. The van der Waals surface area contributed by atoms with E-state index in [1.165, 1.54) is 6.92 Å². The second-order valence-corrected chi connectivity index (χ2v) is 5.10. The number of sulfonamides is 1. The van der Waals surface area contributed by atoms with E-state index in [-0.39, 0.29) is 17.9 Å². The van der Waals surface area contributed by atoms with Gasteiger partial charge in [-0.05, 0) is 24.6 Å². The first-order valence-corrected chi connectivity index (χ1v) is 6.00. The van der Waals surface area contributed by atoms with Crippen molar-refractivity contribution in [3.8, 4) is 0 Å². The number of benzene rings is 1. The highest BCUT2D eigenvalue weighted by Crippen LogP contribution is 2.07. The smallest absolute Gasteiger partial charge is 0.211 e. The van der Waals surface area contributed by atoms with Crippen molar-refractivity contribution in [2.24, 2.45) is 0 Å². The van der Waals surface area contributed by atoms with E-state index in [2.05, 4.69) is 4.72 Å². The molecule has 0 amide bonds. The van der Waals surface area contributed by atoms with E-state index in [1.807, 2.05) is 0 Å². The zero-order chi connectivity index (χ0) is 11.5. The van der Waals surface area contributed by atoms with E-state index < -0.39 is 21.7 Å². The quantitative estimate of drug-likeness (QED) is 0.857. The maximum Gasteiger partial charge on any atom is 0.211 e. The van der Waals surface area contributed by atoms with Crippen molar-refractivity contribution in [2.45, 2.75) is 13.5 Å². The lowest BCUT2D eigenvalue weighted by atomic mass is 10.2. The second kappa shape index (κ2) is 4.67. The van der Waals surface area contributed by atoms with Gasteiger partial charge >= 0.3 is 0 Å². The van der Waals surface area contributed by atoms with E-state index in [4.69, 9.17) is 0 Å². The van der Waals surface area contributed by atoms with Gasteiger partial charge < -0.3 is 0 Å². The van der Waals surface area contributed by atoms with Crippen molar-refractivity contribution in [1.82, 2.24) is 4.72 Å². The van der Waals surface area contributed by atoms with Crippen LogP contribution in [0, 0.1) is 11.6 Å². The number of nitrogens with one attached hydrogen (secondary N) is 1. The van der Waals surface area contributed by atoms with Gasteiger partial charge in [0.25, 0.3) is 0 Å². The highest BCUT2D eigenvalue weighted by atomic mass is 32.2. The lowest BCUT2D eigenvalue weighted by Gasteiger charge is -2.04. The molecule has 1 aromatic carbocycles. The molecule has 0 aliphatic rings. The number of halogens is 2. The summed E-state index contributed by atoms with van der Waals surface area (Å²) in [6.07, 6.45) is 0. The van der Waals surface area contributed by atoms with Crippen molar-refractivity contribution < 1.29 is 17.2 Å². The highest BCUT2D eigenvalue weighted by molar-refractivity contribution is 7.89. The van der Waals surface area contributed by atoms with Crippen LogP contribution in [0.1, 0.15) is 12.5 Å². The van der Waals surface area contributed by atoms with Crippen molar-refractivity contribution in [1.29, 1.82) is 0 Å². The van der Waals surface area contributed by atoms with Crippen LogP contribution in [0.15, 0.2) is 18.2 Å². The van der Waals surface area contributed by atoms with Crippen LogP contribution in [0.2, 0.25) is 0 Å². The molecular weight excluding hydrogens is 224 g/mol. The molecule has 0 saturated heterocycles. The van der Waals surface area contributed by atoms with Crippen LogP contribution in [-0.2, 0) is 16.6 Å². The maximum absolute atomic E-state index is 12.7. The Labute approximate surface area is 87.2 Å². The summed E-state index contributed by atoms with van der Waals surface area (Å²) in [4.78, 5) is 0. The van der Waals surface area contributed by atoms with Crippen LogP contribution in [0.25, 0.3) is 0 Å². The fraction of sp³-hybridized carbons (Fsp3) is 0.333. The third-order valence-electron chi connectivity index (χ3n) is 1.80. The van der Waals surface area contributed by atoms with Crippen molar-refractivity contribution in [3.05, 3.63) is 35.4 Å². The number of hydrogen-bond acceptors (Lipinski definition) is 2. The van der Waals surface area contributed by atoms with E-state index >= 15 is 0 Å². The molecule has 0 aliphatic heterocycles. The Hall–Kier alpha value is -1.01. The molecule has 6 heteroatoms. The van der Waals surface area contributed by atoms with E-state index in [1.54, 1.807) is 0 Å². The first-order chi connectivity index (χ1) is 6.93. The average molecular weight is 235 g/mol. The number of rotatable bonds is 4. The molecule has 1 aromatic rings. The fourth-order valence-electron chi connectivity index (χ4n) is 1.01. The molecule has 0 unspecified atom stereocenters. The molecule has 0 spiro atoms. The largest absolute Gasteiger partial charge is 0.212 e. The van der Waals surface area contributed by atoms with Crippen molar-refractivity contribution in [3.63, 3.8) is 0 Å². The van der Waals surface area contributed by atoms with Gasteiger partial charge in [0, 0.05) is 12.6 Å². The average Bonchev–Trinajstić information content (AvgIpc) is 2.14. The van der Waals surface area contributed by atoms with Gasteiger partial charge in [-0.3, -0.25) is 0 Å². The molecule has 0 aliphatic carbocycles. The van der Waals surface area contributed by atoms with Gasteiger partial charge in [-0.1, -0.05) is 0 Å². The fourth-order valence-corrected chi connectivity index (χ4v) is 1.60. The van der Waals surface area contributed by atoms with Crippen LogP contribution in [0.5, 0.6) is 0 Å². The Balaban J connectivity index is 2.74. The normalized spacial score (nSPS) is 11.7. The van der Waals surface area contributed by atoms with Crippen LogP contribution in [0.3, 0.4) is 0 Å². The van der Waals surface area contributed by atoms with Gasteiger partial charge in [0.15, 0.2) is 0 Å². The minimum atomic E-state index is -3.34. The monoisotopic (exact) mass is 235 g/mol. The minimum Gasteiger partial charge on any atom is -0.212 e. The Bertz CT molecular complexity index is 425. The molecule has 0 bridgehead atoms. The Kier molecular flexibility index (Phi) is 3.76. The molecule has 0 radical (unpaired) electrons. The molecule has 0 saturated carbocycles. The first kappa shape index (κ1) is 12.1. The Morgan fingerprint density at radius 1 is 1.20 bits per heavy atom. The summed E-state index contributed by atoms with van der Waals surface area (Å²) < 4.78 is 49.7. The number of hydrogen-bond donors (Lipinski definition) is 1. The summed E-state index contributed by atoms with van der Waals surface area (Å²) in [5.74, 6) is -1.51. The van der Waals surface area contributed by atoms with E-state index in [9.17, 15) is 17.2 Å². The molecule has 15 heavy (non-hydrogen) atoms. The summed E-state index contributed by atoms with van der Waals surface area (Å²) in [7, 11) is -3.34. The molecule has 1 N–H and O–H groups in total. The van der Waals surface area contributed by atoms with E-state index in [0.29, 0.717) is 0 Å². The van der Waals surface area contributed by atoms with Crippen molar-refractivity contribution >= 4 is 10.0 Å². The summed E-state index contributed by atoms with van der Waals surface area (Å²) in [5.41, 5.74) is 0.254. The third kappa shape index (κ3) is 3.93. The van der Waals surface area contributed by atoms with Gasteiger partial charge in [0.2, 0.25) is 10.0 Å². The first-order valence-electron chi connectivity index (χ1n) is 4.35. The Morgan fingerprint density at radius 2 is 1.73 bits per heavy atom. The molecule has 1 rings (SSSR count). The molecule has 0 fully saturated rings. The summed E-state index contributed by atoms with van der Waals surface area (Å²) in [6, 6.07) is 2.90. The highest BCUT2D eigenvalue weighted by Gasteiger charge is 2.07. The minimum absolute atomic E-state index is 0.0647. The van der Waals surface area contributed by atoms with Crippen LogP contribution in [0.4, 0.5) is 8.78 Å². The standard InChI is InChI=1S/C9H11F2NO2S/c1-2-15(13,14)12-6-7-3-8(10)5-9(11)4-7/h3-5,12H,2,6H2,1H3. The van der Waals surface area contributed by atoms with Crippen molar-refractivity contribution in [2.75, 3.05) is 5.75 Å². The van der Waals surface area contributed by atoms with Gasteiger partial charge in [0.05, 0.1) is 5.75 Å². The van der Waals surface area contributed by atoms with Crippen LogP contribution in [-0.4, -0.2) is 14.2 Å². The lowest BCUT2D eigenvalue weighted by molar-refractivity contribution is 0.571. The lowest BCUT2D eigenvalue weighted by Crippen LogP contribution is -2.24. The van der Waals surface area contributed by atoms with Gasteiger partial charge in [-0.25, -0.2) is 21.9 Å². The second-order valence-electron chi connectivity index (χ2n) is 3.00. The molecule has 3 nitrogen and oxygen atoms in total. The molecule has 0 heterocycles.